The molecule has 5 nitrogen and oxygen atoms in total. The molecule has 7 heteroatoms. The summed E-state index contributed by atoms with van der Waals surface area (Å²) in [6, 6.07) is 6.22. The van der Waals surface area contributed by atoms with Crippen molar-refractivity contribution in [1.82, 2.24) is 10.2 Å². The molecule has 2 aromatic rings. The van der Waals surface area contributed by atoms with Gasteiger partial charge >= 0.3 is 0 Å². The number of rotatable bonds is 3. The Morgan fingerprint density at radius 1 is 1.37 bits per heavy atom. The summed E-state index contributed by atoms with van der Waals surface area (Å²) in [5, 5.41) is 5.68. The molecule has 1 heterocycles. The van der Waals surface area contributed by atoms with Crippen LogP contribution in [0.15, 0.2) is 29.1 Å². The largest absolute Gasteiger partial charge is 0.496 e. The predicted molar refractivity (Wildman–Crippen MR) is 72.0 cm³/mol. The van der Waals surface area contributed by atoms with Gasteiger partial charge in [0.2, 0.25) is 0 Å². The number of hydrogen-bond donors (Lipinski definition) is 1. The zero-order chi connectivity index (χ0) is 14.0. The number of H-pyrrole nitrogens is 1. The van der Waals surface area contributed by atoms with Gasteiger partial charge in [-0.1, -0.05) is 11.6 Å². The van der Waals surface area contributed by atoms with Gasteiger partial charge in [-0.2, -0.15) is 5.10 Å². The first kappa shape index (κ1) is 13.6. The predicted octanol–water partition coefficient (Wildman–Crippen LogP) is 2.48. The molecule has 98 valence electrons. The van der Waals surface area contributed by atoms with Gasteiger partial charge in [-0.25, -0.2) is 5.10 Å². The van der Waals surface area contributed by atoms with Crippen LogP contribution in [0.4, 0.5) is 0 Å². The van der Waals surface area contributed by atoms with E-state index in [9.17, 15) is 9.59 Å². The third-order valence-electron chi connectivity index (χ3n) is 2.45. The van der Waals surface area contributed by atoms with E-state index >= 15 is 0 Å². The number of nitrogens with one attached hydrogen (secondary N) is 1. The molecule has 2 rings (SSSR count). The topological polar surface area (TPSA) is 72.1 Å². The van der Waals surface area contributed by atoms with Crippen molar-refractivity contribution in [3.05, 3.63) is 45.2 Å². The average molecular weight is 299 g/mol. The van der Waals surface area contributed by atoms with Crippen LogP contribution in [0.3, 0.4) is 0 Å². The lowest BCUT2D eigenvalue weighted by Gasteiger charge is -2.08. The van der Waals surface area contributed by atoms with Crippen LogP contribution in [0.1, 0.15) is 10.4 Å². The molecular weight excluding hydrogens is 291 g/mol. The van der Waals surface area contributed by atoms with E-state index in [0.717, 1.165) is 0 Å². The highest BCUT2D eigenvalue weighted by Crippen LogP contribution is 2.30. The zero-order valence-corrected chi connectivity index (χ0v) is 11.2. The number of ether oxygens (including phenoxy) is 1. The summed E-state index contributed by atoms with van der Waals surface area (Å²) in [5.41, 5.74) is 0.0480. The minimum Gasteiger partial charge on any atom is -0.496 e. The van der Waals surface area contributed by atoms with Crippen LogP contribution in [-0.2, 0) is 0 Å². The highest BCUT2D eigenvalue weighted by molar-refractivity contribution is 6.67. The van der Waals surface area contributed by atoms with E-state index in [-0.39, 0.29) is 5.56 Å². The molecule has 0 saturated carbocycles. The lowest BCUT2D eigenvalue weighted by atomic mass is 10.1. The molecule has 0 amide bonds. The highest BCUT2D eigenvalue weighted by atomic mass is 35.5. The van der Waals surface area contributed by atoms with Crippen molar-refractivity contribution in [3.8, 4) is 17.0 Å². The molecule has 19 heavy (non-hydrogen) atoms. The van der Waals surface area contributed by atoms with Crippen molar-refractivity contribution in [2.45, 2.75) is 0 Å². The van der Waals surface area contributed by atoms with Crippen molar-refractivity contribution in [2.75, 3.05) is 7.11 Å². The summed E-state index contributed by atoms with van der Waals surface area (Å²) < 4.78 is 5.18. The standard InChI is InChI=1S/C12H8Cl2N2O3/c1-19-10-3-2-6(13)4-7(10)9-5-8(11(14)17)12(18)16-15-9/h2-5H,1H3,(H,16,18). The Bertz CT molecular complexity index is 698. The van der Waals surface area contributed by atoms with Crippen LogP contribution in [0.25, 0.3) is 11.3 Å². The number of benzene rings is 1. The van der Waals surface area contributed by atoms with Crippen LogP contribution in [0.2, 0.25) is 5.02 Å². The SMILES string of the molecule is COc1ccc(Cl)cc1-c1cc(C(=O)Cl)c(=O)[nH]n1. The molecule has 0 radical (unpaired) electrons. The lowest BCUT2D eigenvalue weighted by molar-refractivity contribution is 0.108. The van der Waals surface area contributed by atoms with Crippen molar-refractivity contribution in [1.29, 1.82) is 0 Å². The van der Waals surface area contributed by atoms with Gasteiger partial charge in [-0.05, 0) is 35.9 Å². The highest BCUT2D eigenvalue weighted by Gasteiger charge is 2.14. The van der Waals surface area contributed by atoms with E-state index in [2.05, 4.69) is 10.2 Å². The maximum absolute atomic E-state index is 11.4. The summed E-state index contributed by atoms with van der Waals surface area (Å²) in [6.45, 7) is 0. The molecule has 1 aromatic carbocycles. The molecular formula is C12H8Cl2N2O3. The number of carbonyl (C=O) groups is 1. The molecule has 1 N–H and O–H groups in total. The number of nitrogens with zero attached hydrogens (tertiary/aromatic N) is 1. The summed E-state index contributed by atoms with van der Waals surface area (Å²) >= 11 is 11.2. The van der Waals surface area contributed by atoms with Crippen LogP contribution >= 0.6 is 23.2 Å². The van der Waals surface area contributed by atoms with Crippen molar-refractivity contribution in [3.63, 3.8) is 0 Å². The molecule has 0 bridgehead atoms. The Labute approximate surface area is 118 Å². The minimum absolute atomic E-state index is 0.186. The Hall–Kier alpha value is -1.85. The summed E-state index contributed by atoms with van der Waals surface area (Å²) in [6.07, 6.45) is 0. The molecule has 0 fully saturated rings. The van der Waals surface area contributed by atoms with E-state index in [4.69, 9.17) is 27.9 Å². The molecule has 0 saturated heterocycles. The van der Waals surface area contributed by atoms with E-state index in [1.54, 1.807) is 18.2 Å². The maximum Gasteiger partial charge on any atom is 0.276 e. The minimum atomic E-state index is -0.856. The molecule has 1 aromatic heterocycles. The van der Waals surface area contributed by atoms with Gasteiger partial charge in [0.1, 0.15) is 11.3 Å². The fraction of sp³-hybridized carbons (Fsp3) is 0.0833. The number of hydrogen-bond acceptors (Lipinski definition) is 4. The molecule has 0 spiro atoms. The third kappa shape index (κ3) is 2.77. The molecule has 0 aliphatic rings. The van der Waals surface area contributed by atoms with E-state index in [0.29, 0.717) is 22.0 Å². The maximum atomic E-state index is 11.4. The fourth-order valence-corrected chi connectivity index (χ4v) is 1.88. The second-order valence-electron chi connectivity index (χ2n) is 3.61. The number of aromatic amines is 1. The number of methoxy groups -OCH3 is 1. The second-order valence-corrected chi connectivity index (χ2v) is 4.39. The van der Waals surface area contributed by atoms with Gasteiger partial charge in [-0.15, -0.1) is 0 Å². The first-order valence-corrected chi connectivity index (χ1v) is 5.92. The van der Waals surface area contributed by atoms with Gasteiger partial charge in [0, 0.05) is 10.6 Å². The van der Waals surface area contributed by atoms with Crippen molar-refractivity contribution >= 4 is 28.4 Å². The zero-order valence-electron chi connectivity index (χ0n) is 9.74. The Morgan fingerprint density at radius 2 is 2.11 bits per heavy atom. The normalized spacial score (nSPS) is 10.3. The van der Waals surface area contributed by atoms with Crippen LogP contribution in [0, 0.1) is 0 Å². The van der Waals surface area contributed by atoms with Crippen LogP contribution < -0.4 is 10.3 Å². The number of carbonyl (C=O) groups excluding carboxylic acids is 1. The fourth-order valence-electron chi connectivity index (χ4n) is 1.57. The molecule has 0 atom stereocenters. The van der Waals surface area contributed by atoms with E-state index < -0.39 is 10.8 Å². The second kappa shape index (κ2) is 5.42. The van der Waals surface area contributed by atoms with Gasteiger partial charge in [-0.3, -0.25) is 9.59 Å². The molecule has 0 unspecified atom stereocenters. The van der Waals surface area contributed by atoms with Crippen molar-refractivity contribution in [2.24, 2.45) is 0 Å². The average Bonchev–Trinajstić information content (AvgIpc) is 2.39. The van der Waals surface area contributed by atoms with Gasteiger partial charge < -0.3 is 4.74 Å². The summed E-state index contributed by atoms with van der Waals surface area (Å²) in [4.78, 5) is 22.5. The number of halogens is 2. The van der Waals surface area contributed by atoms with E-state index in [1.807, 2.05) is 0 Å². The monoisotopic (exact) mass is 298 g/mol. The first-order chi connectivity index (χ1) is 9.02. The van der Waals surface area contributed by atoms with E-state index in [1.165, 1.54) is 13.2 Å². The van der Waals surface area contributed by atoms with Crippen LogP contribution in [0.5, 0.6) is 5.75 Å². The summed E-state index contributed by atoms with van der Waals surface area (Å²) in [5.74, 6) is 0.511. The van der Waals surface area contributed by atoms with Gasteiger partial charge in [0.15, 0.2) is 0 Å². The van der Waals surface area contributed by atoms with Gasteiger partial charge in [0.05, 0.1) is 12.8 Å². The quantitative estimate of drug-likeness (QED) is 0.884. The molecule has 0 aliphatic heterocycles. The molecule has 0 aliphatic carbocycles. The Morgan fingerprint density at radius 3 is 2.74 bits per heavy atom. The Balaban J connectivity index is 2.65. The smallest absolute Gasteiger partial charge is 0.276 e. The van der Waals surface area contributed by atoms with Gasteiger partial charge in [0.25, 0.3) is 10.8 Å². The Kier molecular flexibility index (Phi) is 3.87. The lowest BCUT2D eigenvalue weighted by Crippen LogP contribution is -2.16. The third-order valence-corrected chi connectivity index (χ3v) is 2.89. The van der Waals surface area contributed by atoms with Crippen molar-refractivity contribution < 1.29 is 9.53 Å². The first-order valence-electron chi connectivity index (χ1n) is 5.16. The number of aromatic nitrogens is 2. The van der Waals surface area contributed by atoms with Crippen LogP contribution in [-0.4, -0.2) is 22.5 Å². The summed E-state index contributed by atoms with van der Waals surface area (Å²) in [7, 11) is 1.49.